The van der Waals surface area contributed by atoms with Gasteiger partial charge in [0, 0.05) is 29.0 Å². The van der Waals surface area contributed by atoms with Crippen LogP contribution in [0.15, 0.2) is 35.7 Å². The molecule has 0 bridgehead atoms. The van der Waals surface area contributed by atoms with E-state index in [-0.39, 0.29) is 12.1 Å². The van der Waals surface area contributed by atoms with E-state index in [9.17, 15) is 0 Å². The fourth-order valence-corrected chi connectivity index (χ4v) is 3.03. The summed E-state index contributed by atoms with van der Waals surface area (Å²) in [5.74, 6) is 1.64. The Balaban J connectivity index is 1.95. The van der Waals surface area contributed by atoms with Crippen molar-refractivity contribution in [2.75, 3.05) is 7.11 Å². The second kappa shape index (κ2) is 4.63. The lowest BCUT2D eigenvalue weighted by Gasteiger charge is -2.30. The second-order valence-electron chi connectivity index (χ2n) is 4.37. The molecule has 1 aromatic heterocycles. The summed E-state index contributed by atoms with van der Waals surface area (Å²) in [4.78, 5) is 1.22. The predicted octanol–water partition coefficient (Wildman–Crippen LogP) is 3.28. The van der Waals surface area contributed by atoms with E-state index in [1.54, 1.807) is 18.4 Å². The number of thiophene rings is 1. The molecule has 0 amide bonds. The first-order valence-corrected chi connectivity index (χ1v) is 6.79. The van der Waals surface area contributed by atoms with Crippen LogP contribution in [0.3, 0.4) is 0 Å². The van der Waals surface area contributed by atoms with Crippen molar-refractivity contribution in [1.29, 1.82) is 0 Å². The molecule has 1 aromatic carbocycles. The first kappa shape index (κ1) is 11.6. The largest absolute Gasteiger partial charge is 0.497 e. The van der Waals surface area contributed by atoms with E-state index in [1.807, 2.05) is 24.3 Å². The third-order valence-electron chi connectivity index (χ3n) is 3.22. The van der Waals surface area contributed by atoms with Crippen LogP contribution >= 0.6 is 11.3 Å². The average Bonchev–Trinajstić information content (AvgIpc) is 2.91. The molecule has 0 saturated heterocycles. The molecule has 0 aliphatic carbocycles. The van der Waals surface area contributed by atoms with Gasteiger partial charge in [-0.05, 0) is 17.5 Å². The van der Waals surface area contributed by atoms with Crippen LogP contribution in [0.5, 0.6) is 11.5 Å². The first-order valence-electron chi connectivity index (χ1n) is 5.91. The Kier molecular flexibility index (Phi) is 2.97. The molecule has 1 aliphatic heterocycles. The Bertz CT molecular complexity index is 539. The molecule has 3 nitrogen and oxygen atoms in total. The minimum absolute atomic E-state index is 0.0201. The van der Waals surface area contributed by atoms with E-state index >= 15 is 0 Å². The number of benzene rings is 1. The van der Waals surface area contributed by atoms with E-state index in [4.69, 9.17) is 15.2 Å². The van der Waals surface area contributed by atoms with Crippen molar-refractivity contribution in [2.24, 2.45) is 5.73 Å². The van der Waals surface area contributed by atoms with Crippen molar-refractivity contribution in [1.82, 2.24) is 0 Å². The molecular weight excluding hydrogens is 246 g/mol. The summed E-state index contributed by atoms with van der Waals surface area (Å²) in [7, 11) is 1.65. The highest BCUT2D eigenvalue weighted by Gasteiger charge is 2.27. The molecule has 1 unspecified atom stereocenters. The Morgan fingerprint density at radius 1 is 1.39 bits per heavy atom. The summed E-state index contributed by atoms with van der Waals surface area (Å²) in [6.45, 7) is 0. The van der Waals surface area contributed by atoms with Crippen LogP contribution < -0.4 is 15.2 Å². The zero-order valence-electron chi connectivity index (χ0n) is 10.1. The van der Waals surface area contributed by atoms with Crippen molar-refractivity contribution in [2.45, 2.75) is 18.6 Å². The standard InChI is InChI=1S/C14H15NO2S/c1-16-9-4-5-10-11(15)8-13(17-12(10)7-9)14-3-2-6-18-14/h2-7,11,13H,8,15H2,1H3/t11-,13?/m1/s1. The maximum Gasteiger partial charge on any atom is 0.135 e. The number of fused-ring (bicyclic) bond motifs is 1. The van der Waals surface area contributed by atoms with Crippen LogP contribution in [0.25, 0.3) is 0 Å². The molecule has 18 heavy (non-hydrogen) atoms. The van der Waals surface area contributed by atoms with Crippen LogP contribution in [-0.4, -0.2) is 7.11 Å². The van der Waals surface area contributed by atoms with Gasteiger partial charge in [0.05, 0.1) is 7.11 Å². The van der Waals surface area contributed by atoms with Crippen LogP contribution in [-0.2, 0) is 0 Å². The highest BCUT2D eigenvalue weighted by Crippen LogP contribution is 2.42. The maximum atomic E-state index is 6.22. The van der Waals surface area contributed by atoms with E-state index in [0.717, 1.165) is 23.5 Å². The molecule has 1 aliphatic rings. The minimum atomic E-state index is 0.0201. The number of rotatable bonds is 2. The fourth-order valence-electron chi connectivity index (χ4n) is 2.26. The third kappa shape index (κ3) is 1.98. The van der Waals surface area contributed by atoms with Gasteiger partial charge in [-0.2, -0.15) is 0 Å². The van der Waals surface area contributed by atoms with Gasteiger partial charge in [-0.25, -0.2) is 0 Å². The Morgan fingerprint density at radius 3 is 3.00 bits per heavy atom. The van der Waals surface area contributed by atoms with Crippen molar-refractivity contribution >= 4 is 11.3 Å². The Morgan fingerprint density at radius 2 is 2.28 bits per heavy atom. The van der Waals surface area contributed by atoms with Crippen molar-refractivity contribution in [3.05, 3.63) is 46.2 Å². The van der Waals surface area contributed by atoms with Crippen LogP contribution in [0.1, 0.15) is 29.0 Å². The van der Waals surface area contributed by atoms with Gasteiger partial charge >= 0.3 is 0 Å². The highest BCUT2D eigenvalue weighted by molar-refractivity contribution is 7.10. The van der Waals surface area contributed by atoms with Gasteiger partial charge in [0.15, 0.2) is 0 Å². The third-order valence-corrected chi connectivity index (χ3v) is 4.18. The monoisotopic (exact) mass is 261 g/mol. The molecule has 0 radical (unpaired) electrons. The lowest BCUT2D eigenvalue weighted by atomic mass is 9.96. The normalized spacial score (nSPS) is 22.1. The van der Waals surface area contributed by atoms with Crippen molar-refractivity contribution in [3.63, 3.8) is 0 Å². The quantitative estimate of drug-likeness (QED) is 0.902. The van der Waals surface area contributed by atoms with Crippen molar-refractivity contribution < 1.29 is 9.47 Å². The minimum Gasteiger partial charge on any atom is -0.497 e. The van der Waals surface area contributed by atoms with Gasteiger partial charge in [-0.1, -0.05) is 12.1 Å². The molecule has 2 atom stereocenters. The van der Waals surface area contributed by atoms with Gasteiger partial charge < -0.3 is 15.2 Å². The molecule has 2 N–H and O–H groups in total. The van der Waals surface area contributed by atoms with Crippen molar-refractivity contribution in [3.8, 4) is 11.5 Å². The van der Waals surface area contributed by atoms with Gasteiger partial charge in [0.2, 0.25) is 0 Å². The zero-order chi connectivity index (χ0) is 12.5. The molecule has 2 aromatic rings. The summed E-state index contributed by atoms with van der Waals surface area (Å²) in [6, 6.07) is 9.97. The summed E-state index contributed by atoms with van der Waals surface area (Å²) in [6.07, 6.45) is 0.874. The van der Waals surface area contributed by atoms with E-state index < -0.39 is 0 Å². The van der Waals surface area contributed by atoms with Gasteiger partial charge in [0.1, 0.15) is 17.6 Å². The number of hydrogen-bond acceptors (Lipinski definition) is 4. The van der Waals surface area contributed by atoms with Crippen LogP contribution in [0, 0.1) is 0 Å². The Labute approximate surface area is 110 Å². The fraction of sp³-hybridized carbons (Fsp3) is 0.286. The SMILES string of the molecule is COc1ccc2c(c1)OC(c1cccs1)C[C@H]2N. The zero-order valence-corrected chi connectivity index (χ0v) is 10.9. The molecule has 3 rings (SSSR count). The van der Waals surface area contributed by atoms with E-state index in [2.05, 4.69) is 11.4 Å². The Hall–Kier alpha value is -1.52. The molecule has 0 fully saturated rings. The topological polar surface area (TPSA) is 44.5 Å². The number of nitrogens with two attached hydrogens (primary N) is 1. The molecule has 0 spiro atoms. The van der Waals surface area contributed by atoms with Crippen LogP contribution in [0.2, 0.25) is 0 Å². The summed E-state index contributed by atoms with van der Waals surface area (Å²) >= 11 is 1.70. The molecular formula is C14H15NO2S. The first-order chi connectivity index (χ1) is 8.78. The van der Waals surface area contributed by atoms with Gasteiger partial charge in [0.25, 0.3) is 0 Å². The van der Waals surface area contributed by atoms with Crippen LogP contribution in [0.4, 0.5) is 0 Å². The summed E-state index contributed by atoms with van der Waals surface area (Å²) in [5.41, 5.74) is 7.28. The summed E-state index contributed by atoms with van der Waals surface area (Å²) < 4.78 is 11.3. The predicted molar refractivity (Wildman–Crippen MR) is 72.2 cm³/mol. The number of hydrogen-bond donors (Lipinski definition) is 1. The molecule has 2 heterocycles. The maximum absolute atomic E-state index is 6.22. The van der Waals surface area contributed by atoms with Gasteiger partial charge in [-0.3, -0.25) is 0 Å². The highest BCUT2D eigenvalue weighted by atomic mass is 32.1. The second-order valence-corrected chi connectivity index (χ2v) is 5.35. The molecule has 4 heteroatoms. The lowest BCUT2D eigenvalue weighted by Crippen LogP contribution is -2.23. The average molecular weight is 261 g/mol. The molecule has 0 saturated carbocycles. The van der Waals surface area contributed by atoms with E-state index in [1.165, 1.54) is 4.88 Å². The number of methoxy groups -OCH3 is 1. The number of ether oxygens (including phenoxy) is 2. The smallest absolute Gasteiger partial charge is 0.135 e. The van der Waals surface area contributed by atoms with E-state index in [0.29, 0.717) is 0 Å². The summed E-state index contributed by atoms with van der Waals surface area (Å²) in [5, 5.41) is 2.06. The lowest BCUT2D eigenvalue weighted by molar-refractivity contribution is 0.164. The van der Waals surface area contributed by atoms with Gasteiger partial charge in [-0.15, -0.1) is 11.3 Å². The molecule has 94 valence electrons.